The third-order valence-electron chi connectivity index (χ3n) is 3.76. The van der Waals surface area contributed by atoms with Crippen LogP contribution in [0.5, 0.6) is 0 Å². The highest BCUT2D eigenvalue weighted by atomic mass is 35.5. The van der Waals surface area contributed by atoms with Gasteiger partial charge < -0.3 is 10.2 Å². The van der Waals surface area contributed by atoms with E-state index < -0.39 is 0 Å². The summed E-state index contributed by atoms with van der Waals surface area (Å²) in [6, 6.07) is 4.94. The van der Waals surface area contributed by atoms with Crippen LogP contribution in [0.4, 0.5) is 5.69 Å². The molecule has 0 aromatic heterocycles. The quantitative estimate of drug-likeness (QED) is 0.897. The van der Waals surface area contributed by atoms with Gasteiger partial charge in [-0.25, -0.2) is 0 Å². The first kappa shape index (κ1) is 13.7. The smallest absolute Gasteiger partial charge is 0.0644 e. The fourth-order valence-electron chi connectivity index (χ4n) is 2.86. The van der Waals surface area contributed by atoms with Crippen LogP contribution in [-0.4, -0.2) is 26.2 Å². The van der Waals surface area contributed by atoms with Gasteiger partial charge in [-0.1, -0.05) is 17.7 Å². The lowest BCUT2D eigenvalue weighted by atomic mass is 10.1. The highest BCUT2D eigenvalue weighted by Crippen LogP contribution is 2.30. The van der Waals surface area contributed by atoms with Gasteiger partial charge in [0.15, 0.2) is 0 Å². The highest BCUT2D eigenvalue weighted by Gasteiger charge is 2.16. The molecule has 0 amide bonds. The number of hydrogen-bond donors (Lipinski definition) is 1. The Hall–Kier alpha value is -0.730. The van der Waals surface area contributed by atoms with Gasteiger partial charge in [0.25, 0.3) is 0 Å². The monoisotopic (exact) mass is 266 g/mol. The average Bonchev–Trinajstić information content (AvgIpc) is 2.77. The van der Waals surface area contributed by atoms with Crippen molar-refractivity contribution in [1.82, 2.24) is 5.32 Å². The number of hydrogen-bond acceptors (Lipinski definition) is 2. The second-order valence-electron chi connectivity index (χ2n) is 5.42. The number of rotatable bonds is 4. The Bertz CT molecular complexity index is 388. The fraction of sp³-hybridized carbons (Fsp3) is 0.600. The summed E-state index contributed by atoms with van der Waals surface area (Å²) in [6.07, 6.45) is 3.83. The molecule has 2 rings (SSSR count). The van der Waals surface area contributed by atoms with E-state index in [1.807, 2.05) is 6.07 Å². The molecule has 1 heterocycles. The maximum atomic E-state index is 6.37. The van der Waals surface area contributed by atoms with Crippen molar-refractivity contribution in [2.45, 2.75) is 39.2 Å². The van der Waals surface area contributed by atoms with Gasteiger partial charge in [-0.2, -0.15) is 0 Å². The second kappa shape index (κ2) is 5.94. The topological polar surface area (TPSA) is 15.3 Å². The van der Waals surface area contributed by atoms with E-state index >= 15 is 0 Å². The number of halogens is 1. The van der Waals surface area contributed by atoms with Crippen molar-refractivity contribution in [3.05, 3.63) is 28.3 Å². The molecular weight excluding hydrogens is 244 g/mol. The minimum Gasteiger partial charge on any atom is -0.373 e. The van der Waals surface area contributed by atoms with Crippen molar-refractivity contribution >= 4 is 17.3 Å². The van der Waals surface area contributed by atoms with Crippen LogP contribution in [0.1, 0.15) is 30.4 Å². The Morgan fingerprint density at radius 2 is 2.17 bits per heavy atom. The molecule has 1 aromatic rings. The molecule has 0 bridgehead atoms. The van der Waals surface area contributed by atoms with Crippen LogP contribution in [0, 0.1) is 13.8 Å². The summed E-state index contributed by atoms with van der Waals surface area (Å²) in [5.74, 6) is 0. The Kier molecular flexibility index (Phi) is 4.52. The van der Waals surface area contributed by atoms with Gasteiger partial charge in [0.2, 0.25) is 0 Å². The molecule has 0 radical (unpaired) electrons. The number of benzene rings is 1. The average molecular weight is 267 g/mol. The van der Waals surface area contributed by atoms with Crippen molar-refractivity contribution in [3.8, 4) is 0 Å². The minimum absolute atomic E-state index is 0.692. The molecule has 0 spiro atoms. The van der Waals surface area contributed by atoms with Gasteiger partial charge in [0.1, 0.15) is 0 Å². The molecule has 1 fully saturated rings. The number of anilines is 1. The molecule has 1 saturated heterocycles. The number of nitrogens with one attached hydrogen (secondary N) is 1. The summed E-state index contributed by atoms with van der Waals surface area (Å²) < 4.78 is 0. The molecule has 1 unspecified atom stereocenters. The number of nitrogens with zero attached hydrogens (tertiary/aromatic N) is 1. The van der Waals surface area contributed by atoms with Gasteiger partial charge >= 0.3 is 0 Å². The third kappa shape index (κ3) is 3.18. The first-order chi connectivity index (χ1) is 8.58. The van der Waals surface area contributed by atoms with E-state index in [9.17, 15) is 0 Å². The lowest BCUT2D eigenvalue weighted by molar-refractivity contribution is 0.559. The fourth-order valence-corrected chi connectivity index (χ4v) is 3.32. The molecule has 3 heteroatoms. The van der Waals surface area contributed by atoms with Crippen molar-refractivity contribution in [2.75, 3.05) is 25.0 Å². The van der Waals surface area contributed by atoms with Gasteiger partial charge in [-0.15, -0.1) is 0 Å². The van der Waals surface area contributed by atoms with E-state index in [-0.39, 0.29) is 0 Å². The van der Waals surface area contributed by atoms with Crippen LogP contribution >= 0.6 is 11.6 Å². The van der Waals surface area contributed by atoms with Crippen LogP contribution in [-0.2, 0) is 0 Å². The molecule has 1 N–H and O–H groups in total. The maximum Gasteiger partial charge on any atom is 0.0644 e. The summed E-state index contributed by atoms with van der Waals surface area (Å²) in [5.41, 5.74) is 3.68. The van der Waals surface area contributed by atoms with Gasteiger partial charge in [-0.05, 0) is 56.8 Å². The predicted molar refractivity (Wildman–Crippen MR) is 79.8 cm³/mol. The Labute approximate surface area is 115 Å². The molecule has 1 atom stereocenters. The molecule has 100 valence electrons. The summed E-state index contributed by atoms with van der Waals surface area (Å²) in [5, 5.41) is 4.41. The molecule has 1 aromatic carbocycles. The molecule has 1 aliphatic heterocycles. The zero-order valence-electron chi connectivity index (χ0n) is 11.6. The van der Waals surface area contributed by atoms with Crippen LogP contribution in [0.3, 0.4) is 0 Å². The summed E-state index contributed by atoms with van der Waals surface area (Å²) in [7, 11) is 2.14. The summed E-state index contributed by atoms with van der Waals surface area (Å²) >= 11 is 6.37. The van der Waals surface area contributed by atoms with E-state index in [1.165, 1.54) is 42.6 Å². The first-order valence-corrected chi connectivity index (χ1v) is 7.17. The van der Waals surface area contributed by atoms with Crippen LogP contribution in [0.15, 0.2) is 12.1 Å². The van der Waals surface area contributed by atoms with E-state index in [0.717, 1.165) is 11.6 Å². The summed E-state index contributed by atoms with van der Waals surface area (Å²) in [6.45, 7) is 6.46. The van der Waals surface area contributed by atoms with E-state index in [0.29, 0.717) is 6.04 Å². The Morgan fingerprint density at radius 3 is 2.78 bits per heavy atom. The standard InChI is InChI=1S/C15H23ClN2/c1-11-9-12(2)15(14(16)10-11)18(3)8-6-13-5-4-7-17-13/h9-10,13,17H,4-8H2,1-3H3. The lowest BCUT2D eigenvalue weighted by Crippen LogP contribution is -2.28. The van der Waals surface area contributed by atoms with Crippen molar-refractivity contribution < 1.29 is 0 Å². The van der Waals surface area contributed by atoms with Crippen molar-refractivity contribution in [3.63, 3.8) is 0 Å². The third-order valence-corrected chi connectivity index (χ3v) is 4.04. The first-order valence-electron chi connectivity index (χ1n) is 6.79. The Balaban J connectivity index is 2.01. The normalized spacial score (nSPS) is 19.2. The lowest BCUT2D eigenvalue weighted by Gasteiger charge is -2.24. The largest absolute Gasteiger partial charge is 0.373 e. The molecule has 0 saturated carbocycles. The molecule has 2 nitrogen and oxygen atoms in total. The molecule has 1 aliphatic rings. The maximum absolute atomic E-state index is 6.37. The minimum atomic E-state index is 0.692. The SMILES string of the molecule is Cc1cc(C)c(N(C)CCC2CCCN2)c(Cl)c1. The van der Waals surface area contributed by atoms with E-state index in [1.54, 1.807) is 0 Å². The van der Waals surface area contributed by atoms with Crippen molar-refractivity contribution in [1.29, 1.82) is 0 Å². The van der Waals surface area contributed by atoms with Crippen LogP contribution < -0.4 is 10.2 Å². The van der Waals surface area contributed by atoms with Gasteiger partial charge in [0.05, 0.1) is 10.7 Å². The van der Waals surface area contributed by atoms with E-state index in [4.69, 9.17) is 11.6 Å². The molecule has 0 aliphatic carbocycles. The zero-order chi connectivity index (χ0) is 13.1. The van der Waals surface area contributed by atoms with Crippen molar-refractivity contribution in [2.24, 2.45) is 0 Å². The number of aryl methyl sites for hydroxylation is 2. The zero-order valence-corrected chi connectivity index (χ0v) is 12.3. The van der Waals surface area contributed by atoms with E-state index in [2.05, 4.69) is 37.2 Å². The van der Waals surface area contributed by atoms with Gasteiger partial charge in [0, 0.05) is 19.6 Å². The van der Waals surface area contributed by atoms with Crippen LogP contribution in [0.25, 0.3) is 0 Å². The highest BCUT2D eigenvalue weighted by molar-refractivity contribution is 6.33. The van der Waals surface area contributed by atoms with Crippen LogP contribution in [0.2, 0.25) is 5.02 Å². The predicted octanol–water partition coefficient (Wildman–Crippen LogP) is 3.54. The second-order valence-corrected chi connectivity index (χ2v) is 5.82. The molecule has 18 heavy (non-hydrogen) atoms. The molecular formula is C15H23ClN2. The Morgan fingerprint density at radius 1 is 1.39 bits per heavy atom. The summed E-state index contributed by atoms with van der Waals surface area (Å²) in [4.78, 5) is 2.29. The van der Waals surface area contributed by atoms with Gasteiger partial charge in [-0.3, -0.25) is 0 Å².